The Labute approximate surface area is 231 Å². The molecule has 192 valence electrons. The summed E-state index contributed by atoms with van der Waals surface area (Å²) in [5.74, 6) is 0.292. The van der Waals surface area contributed by atoms with Gasteiger partial charge < -0.3 is 4.90 Å². The van der Waals surface area contributed by atoms with Gasteiger partial charge in [0.05, 0.1) is 32.7 Å². The molecular weight excluding hydrogens is 529 g/mol. The normalized spacial score (nSPS) is 12.0. The molecule has 0 bridgehead atoms. The van der Waals surface area contributed by atoms with Gasteiger partial charge in [-0.05, 0) is 61.4 Å². The minimum atomic E-state index is -0.477. The van der Waals surface area contributed by atoms with Gasteiger partial charge in [-0.25, -0.2) is 4.98 Å². The highest BCUT2D eigenvalue weighted by Gasteiger charge is 2.30. The Hall–Kier alpha value is -2.86. The zero-order chi connectivity index (χ0) is 26.5. The Kier molecular flexibility index (Phi) is 8.91. The summed E-state index contributed by atoms with van der Waals surface area (Å²) in [6.07, 6.45) is 3.33. The van der Waals surface area contributed by atoms with E-state index in [9.17, 15) is 9.59 Å². The molecular formula is C29H28Cl3N3O2. The number of halogens is 3. The molecule has 4 aromatic rings. The molecule has 1 atom stereocenters. The maximum atomic E-state index is 13.9. The molecule has 1 unspecified atom stereocenters. The van der Waals surface area contributed by atoms with Crippen molar-refractivity contribution >= 4 is 51.6 Å². The van der Waals surface area contributed by atoms with Gasteiger partial charge in [-0.2, -0.15) is 0 Å². The van der Waals surface area contributed by atoms with Crippen molar-refractivity contribution in [3.05, 3.63) is 104 Å². The molecule has 0 aliphatic carbocycles. The van der Waals surface area contributed by atoms with E-state index in [1.165, 1.54) is 0 Å². The van der Waals surface area contributed by atoms with Crippen LogP contribution < -0.4 is 5.56 Å². The minimum Gasteiger partial charge on any atom is -0.328 e. The molecule has 0 spiro atoms. The predicted molar refractivity (Wildman–Crippen MR) is 152 cm³/mol. The summed E-state index contributed by atoms with van der Waals surface area (Å²) in [5.41, 5.74) is 1.40. The van der Waals surface area contributed by atoms with Crippen molar-refractivity contribution < 1.29 is 4.79 Å². The molecule has 0 aliphatic heterocycles. The van der Waals surface area contributed by atoms with Gasteiger partial charge in [-0.1, -0.05) is 79.7 Å². The topological polar surface area (TPSA) is 55.2 Å². The van der Waals surface area contributed by atoms with Crippen LogP contribution in [0.2, 0.25) is 15.1 Å². The second-order valence-electron chi connectivity index (χ2n) is 8.87. The van der Waals surface area contributed by atoms with Crippen molar-refractivity contribution in [3.8, 4) is 5.69 Å². The largest absolute Gasteiger partial charge is 0.328 e. The van der Waals surface area contributed by atoms with E-state index in [1.54, 1.807) is 51.9 Å². The average molecular weight is 557 g/mol. The van der Waals surface area contributed by atoms with E-state index >= 15 is 0 Å². The molecule has 4 rings (SSSR count). The number of amides is 1. The summed E-state index contributed by atoms with van der Waals surface area (Å²) in [6, 6.07) is 18.8. The Morgan fingerprint density at radius 1 is 0.946 bits per heavy atom. The van der Waals surface area contributed by atoms with Gasteiger partial charge in [0.25, 0.3) is 11.5 Å². The summed E-state index contributed by atoms with van der Waals surface area (Å²) in [7, 11) is 0. The number of carbonyl (C=O) groups is 1. The van der Waals surface area contributed by atoms with Crippen molar-refractivity contribution in [2.45, 2.75) is 45.6 Å². The van der Waals surface area contributed by atoms with Crippen molar-refractivity contribution in [3.63, 3.8) is 0 Å². The number of para-hydroxylation sites is 1. The number of benzene rings is 3. The molecule has 0 N–H and O–H groups in total. The SMILES string of the molecule is CCCCCN(C(=O)c1ccc(Cl)c(Cl)c1)C(CC)c1nc2ccccc2c(=O)n1-c1cccc(Cl)c1. The van der Waals surface area contributed by atoms with Crippen molar-refractivity contribution in [1.82, 2.24) is 14.5 Å². The monoisotopic (exact) mass is 555 g/mol. The quantitative estimate of drug-likeness (QED) is 0.196. The fourth-order valence-electron chi connectivity index (χ4n) is 4.51. The highest BCUT2D eigenvalue weighted by molar-refractivity contribution is 6.42. The number of fused-ring (bicyclic) bond motifs is 1. The Balaban J connectivity index is 1.93. The predicted octanol–water partition coefficient (Wildman–Crippen LogP) is 8.13. The first kappa shape index (κ1) is 27.2. The van der Waals surface area contributed by atoms with Crippen LogP contribution in [0.25, 0.3) is 16.6 Å². The molecule has 0 fully saturated rings. The maximum Gasteiger partial charge on any atom is 0.266 e. The molecule has 5 nitrogen and oxygen atoms in total. The number of rotatable bonds is 9. The lowest BCUT2D eigenvalue weighted by Crippen LogP contribution is -2.39. The molecule has 0 saturated carbocycles. The molecule has 3 aromatic carbocycles. The van der Waals surface area contributed by atoms with E-state index in [0.29, 0.717) is 56.0 Å². The fraction of sp³-hybridized carbons (Fsp3) is 0.276. The van der Waals surface area contributed by atoms with Crippen LogP contribution in [-0.4, -0.2) is 26.9 Å². The number of unbranched alkanes of at least 4 members (excludes halogenated alkanes) is 2. The van der Waals surface area contributed by atoms with Gasteiger partial charge in [-0.3, -0.25) is 14.2 Å². The maximum absolute atomic E-state index is 13.9. The molecule has 0 saturated heterocycles. The Morgan fingerprint density at radius 3 is 2.43 bits per heavy atom. The summed E-state index contributed by atoms with van der Waals surface area (Å²) in [5, 5.41) is 1.69. The number of carbonyl (C=O) groups excluding carboxylic acids is 1. The van der Waals surface area contributed by atoms with Crippen LogP contribution in [0.5, 0.6) is 0 Å². The Morgan fingerprint density at radius 2 is 1.73 bits per heavy atom. The third-order valence-corrected chi connectivity index (χ3v) is 7.33. The summed E-state index contributed by atoms with van der Waals surface area (Å²) < 4.78 is 1.58. The lowest BCUT2D eigenvalue weighted by molar-refractivity contribution is 0.0655. The molecule has 8 heteroatoms. The summed E-state index contributed by atoms with van der Waals surface area (Å²) >= 11 is 18.7. The molecule has 1 aromatic heterocycles. The van der Waals surface area contributed by atoms with E-state index in [-0.39, 0.29) is 11.5 Å². The van der Waals surface area contributed by atoms with E-state index in [2.05, 4.69) is 6.92 Å². The molecule has 37 heavy (non-hydrogen) atoms. The van der Waals surface area contributed by atoms with Crippen molar-refractivity contribution in [2.75, 3.05) is 6.54 Å². The number of aromatic nitrogens is 2. The highest BCUT2D eigenvalue weighted by Crippen LogP contribution is 2.30. The van der Waals surface area contributed by atoms with Crippen LogP contribution in [0.15, 0.2) is 71.5 Å². The molecule has 1 heterocycles. The van der Waals surface area contributed by atoms with Crippen LogP contribution in [0.3, 0.4) is 0 Å². The van der Waals surface area contributed by atoms with Crippen LogP contribution in [0.1, 0.15) is 61.8 Å². The van der Waals surface area contributed by atoms with Gasteiger partial charge in [-0.15, -0.1) is 0 Å². The summed E-state index contributed by atoms with van der Waals surface area (Å²) in [6.45, 7) is 4.61. The van der Waals surface area contributed by atoms with Crippen LogP contribution in [-0.2, 0) is 0 Å². The highest BCUT2D eigenvalue weighted by atomic mass is 35.5. The molecule has 0 radical (unpaired) electrons. The van der Waals surface area contributed by atoms with Crippen LogP contribution >= 0.6 is 34.8 Å². The molecule has 1 amide bonds. The van der Waals surface area contributed by atoms with Gasteiger partial charge >= 0.3 is 0 Å². The average Bonchev–Trinajstić information content (AvgIpc) is 2.89. The minimum absolute atomic E-state index is 0.193. The van der Waals surface area contributed by atoms with E-state index in [4.69, 9.17) is 39.8 Å². The standard InChI is InChI=1S/C29H28Cl3N3O2/c1-3-5-8-16-34(28(36)19-14-15-23(31)24(32)17-19)26(4-2)27-33-25-13-7-6-12-22(25)29(37)35(27)21-11-9-10-20(30)18-21/h6-7,9-15,17-18,26H,3-5,8,16H2,1-2H3. The lowest BCUT2D eigenvalue weighted by Gasteiger charge is -2.32. The van der Waals surface area contributed by atoms with E-state index in [0.717, 1.165) is 19.3 Å². The number of hydrogen-bond acceptors (Lipinski definition) is 3. The van der Waals surface area contributed by atoms with E-state index in [1.807, 2.05) is 31.2 Å². The fourth-order valence-corrected chi connectivity index (χ4v) is 4.99. The third kappa shape index (κ3) is 5.85. The first-order valence-electron chi connectivity index (χ1n) is 12.4. The van der Waals surface area contributed by atoms with Crippen molar-refractivity contribution in [2.24, 2.45) is 0 Å². The van der Waals surface area contributed by atoms with Crippen LogP contribution in [0, 0.1) is 0 Å². The number of hydrogen-bond donors (Lipinski definition) is 0. The summed E-state index contributed by atoms with van der Waals surface area (Å²) in [4.78, 5) is 34.5. The second-order valence-corrected chi connectivity index (χ2v) is 10.1. The third-order valence-electron chi connectivity index (χ3n) is 6.36. The van der Waals surface area contributed by atoms with Crippen LogP contribution in [0.4, 0.5) is 0 Å². The first-order chi connectivity index (χ1) is 17.8. The van der Waals surface area contributed by atoms with Gasteiger partial charge in [0.1, 0.15) is 5.82 Å². The zero-order valence-corrected chi connectivity index (χ0v) is 23.0. The van der Waals surface area contributed by atoms with Crippen molar-refractivity contribution in [1.29, 1.82) is 0 Å². The van der Waals surface area contributed by atoms with Gasteiger partial charge in [0.15, 0.2) is 0 Å². The zero-order valence-electron chi connectivity index (χ0n) is 20.8. The van der Waals surface area contributed by atoms with Gasteiger partial charge in [0, 0.05) is 17.1 Å². The smallest absolute Gasteiger partial charge is 0.266 e. The first-order valence-corrected chi connectivity index (χ1v) is 13.5. The molecule has 0 aliphatic rings. The van der Waals surface area contributed by atoms with Gasteiger partial charge in [0.2, 0.25) is 0 Å². The second kappa shape index (κ2) is 12.1. The number of nitrogens with zero attached hydrogens (tertiary/aromatic N) is 3. The Bertz CT molecular complexity index is 1490. The van der Waals surface area contributed by atoms with E-state index < -0.39 is 6.04 Å². The lowest BCUT2D eigenvalue weighted by atomic mass is 10.1.